The van der Waals surface area contributed by atoms with Crippen LogP contribution in [0.25, 0.3) is 0 Å². The minimum Gasteiger partial charge on any atom is -0.395 e. The van der Waals surface area contributed by atoms with E-state index in [1.54, 1.807) is 0 Å². The largest absolute Gasteiger partial charge is 0.395 e. The third-order valence-corrected chi connectivity index (χ3v) is 5.27. The number of aliphatic hydroxyl groups excluding tert-OH is 2. The zero-order valence-electron chi connectivity index (χ0n) is 14.2. The molecule has 5 nitrogen and oxygen atoms in total. The Bertz CT molecular complexity index is 507. The molecule has 0 bridgehead atoms. The highest BCUT2D eigenvalue weighted by Gasteiger charge is 2.37. The lowest BCUT2D eigenvalue weighted by atomic mass is 10.1. The number of likely N-dealkylation sites (N-methyl/N-ethyl adjacent to an activating group) is 1. The Kier molecular flexibility index (Phi) is 5.21. The molecule has 0 saturated carbocycles. The second-order valence-corrected chi connectivity index (χ2v) is 7.09. The standard InChI is InChI=1S/C18H29N3O2/c1-14-10-21-13-18(23)9-17(21)12-20(14)11-15-3-5-16(6-4-15)19(2)7-8-22/h3-6,14,17-18,22-23H,7-13H2,1-2H3/t14-,17-,18-/m1/s1. The van der Waals surface area contributed by atoms with Crippen molar-refractivity contribution in [3.05, 3.63) is 29.8 Å². The summed E-state index contributed by atoms with van der Waals surface area (Å²) in [6.07, 6.45) is 0.766. The van der Waals surface area contributed by atoms with Gasteiger partial charge >= 0.3 is 0 Å². The monoisotopic (exact) mass is 319 g/mol. The summed E-state index contributed by atoms with van der Waals surface area (Å²) in [6, 6.07) is 9.66. The molecule has 1 aromatic carbocycles. The van der Waals surface area contributed by atoms with E-state index in [-0.39, 0.29) is 12.7 Å². The Morgan fingerprint density at radius 3 is 2.61 bits per heavy atom. The molecule has 1 aromatic rings. The molecule has 23 heavy (non-hydrogen) atoms. The van der Waals surface area contributed by atoms with Gasteiger partial charge in [-0.1, -0.05) is 12.1 Å². The molecule has 128 valence electrons. The third kappa shape index (κ3) is 3.86. The van der Waals surface area contributed by atoms with E-state index in [1.807, 2.05) is 7.05 Å². The molecule has 0 unspecified atom stereocenters. The molecule has 0 aliphatic carbocycles. The van der Waals surface area contributed by atoms with Gasteiger partial charge in [-0.3, -0.25) is 9.80 Å². The first kappa shape index (κ1) is 16.7. The average molecular weight is 319 g/mol. The number of rotatable bonds is 5. The fourth-order valence-electron chi connectivity index (χ4n) is 3.87. The summed E-state index contributed by atoms with van der Waals surface area (Å²) < 4.78 is 0. The highest BCUT2D eigenvalue weighted by atomic mass is 16.3. The molecule has 2 heterocycles. The number of fused-ring (bicyclic) bond motifs is 1. The first-order valence-corrected chi connectivity index (χ1v) is 8.64. The molecular formula is C18H29N3O2. The molecule has 2 fully saturated rings. The first-order chi connectivity index (χ1) is 11.1. The van der Waals surface area contributed by atoms with Crippen molar-refractivity contribution in [2.45, 2.75) is 38.1 Å². The topological polar surface area (TPSA) is 50.2 Å². The highest BCUT2D eigenvalue weighted by Crippen LogP contribution is 2.26. The van der Waals surface area contributed by atoms with Crippen LogP contribution in [0.2, 0.25) is 0 Å². The third-order valence-electron chi connectivity index (χ3n) is 5.27. The van der Waals surface area contributed by atoms with Crippen LogP contribution in [0.15, 0.2) is 24.3 Å². The summed E-state index contributed by atoms with van der Waals surface area (Å²) in [7, 11) is 2.00. The predicted octanol–water partition coefficient (Wildman–Crippen LogP) is 0.754. The van der Waals surface area contributed by atoms with Gasteiger partial charge in [0.05, 0.1) is 12.7 Å². The normalized spacial score (nSPS) is 28.8. The summed E-state index contributed by atoms with van der Waals surface area (Å²) in [5.41, 5.74) is 2.46. The minimum absolute atomic E-state index is 0.145. The van der Waals surface area contributed by atoms with Crippen LogP contribution in [0.5, 0.6) is 0 Å². The van der Waals surface area contributed by atoms with E-state index in [9.17, 15) is 5.11 Å². The molecule has 5 heteroatoms. The maximum absolute atomic E-state index is 9.87. The lowest BCUT2D eigenvalue weighted by Crippen LogP contribution is -2.54. The number of hydrogen-bond acceptors (Lipinski definition) is 5. The van der Waals surface area contributed by atoms with E-state index in [1.165, 1.54) is 5.56 Å². The van der Waals surface area contributed by atoms with Gasteiger partial charge in [0.2, 0.25) is 0 Å². The molecule has 2 saturated heterocycles. The van der Waals surface area contributed by atoms with E-state index < -0.39 is 0 Å². The van der Waals surface area contributed by atoms with Gasteiger partial charge < -0.3 is 15.1 Å². The van der Waals surface area contributed by atoms with E-state index in [2.05, 4.69) is 45.9 Å². The quantitative estimate of drug-likeness (QED) is 0.839. The molecule has 3 atom stereocenters. The SMILES string of the molecule is C[C@@H]1CN2C[C@H](O)C[C@@H]2CN1Cc1ccc(N(C)CCO)cc1. The van der Waals surface area contributed by atoms with Gasteiger partial charge in [0.25, 0.3) is 0 Å². The Morgan fingerprint density at radius 1 is 1.17 bits per heavy atom. The van der Waals surface area contributed by atoms with E-state index >= 15 is 0 Å². The highest BCUT2D eigenvalue weighted by molar-refractivity contribution is 5.46. The lowest BCUT2D eigenvalue weighted by Gasteiger charge is -2.42. The zero-order valence-corrected chi connectivity index (χ0v) is 14.2. The minimum atomic E-state index is -0.145. The Balaban J connectivity index is 1.60. The zero-order chi connectivity index (χ0) is 16.4. The molecule has 0 spiro atoms. The van der Waals surface area contributed by atoms with Crippen molar-refractivity contribution >= 4 is 5.69 Å². The van der Waals surface area contributed by atoms with Crippen molar-refractivity contribution in [1.29, 1.82) is 0 Å². The van der Waals surface area contributed by atoms with Gasteiger partial charge in [0, 0.05) is 57.5 Å². The molecule has 0 radical (unpaired) electrons. The number of piperazine rings is 1. The van der Waals surface area contributed by atoms with Crippen molar-refractivity contribution in [3.8, 4) is 0 Å². The molecule has 0 amide bonds. The number of hydrogen-bond donors (Lipinski definition) is 2. The summed E-state index contributed by atoms with van der Waals surface area (Å²) in [5, 5.41) is 18.9. The number of nitrogens with zero attached hydrogens (tertiary/aromatic N) is 3. The number of aliphatic hydroxyl groups is 2. The summed E-state index contributed by atoms with van der Waals surface area (Å²) >= 11 is 0. The molecule has 3 rings (SSSR count). The van der Waals surface area contributed by atoms with Crippen LogP contribution < -0.4 is 4.90 Å². The van der Waals surface area contributed by atoms with Crippen molar-refractivity contribution in [2.75, 3.05) is 44.7 Å². The molecule has 0 aromatic heterocycles. The van der Waals surface area contributed by atoms with E-state index in [0.717, 1.165) is 38.3 Å². The van der Waals surface area contributed by atoms with E-state index in [4.69, 9.17) is 5.11 Å². The summed E-state index contributed by atoms with van der Waals surface area (Å²) in [4.78, 5) is 7.04. The van der Waals surface area contributed by atoms with Crippen LogP contribution in [-0.2, 0) is 6.54 Å². The van der Waals surface area contributed by atoms with Crippen molar-refractivity contribution in [2.24, 2.45) is 0 Å². The molecule has 2 aliphatic heterocycles. The van der Waals surface area contributed by atoms with Crippen molar-refractivity contribution in [3.63, 3.8) is 0 Å². The second-order valence-electron chi connectivity index (χ2n) is 7.09. The Hall–Kier alpha value is -1.14. The summed E-state index contributed by atoms with van der Waals surface area (Å²) in [6.45, 7) is 7.02. The van der Waals surface area contributed by atoms with E-state index in [0.29, 0.717) is 18.6 Å². The van der Waals surface area contributed by atoms with Crippen LogP contribution in [0, 0.1) is 0 Å². The van der Waals surface area contributed by atoms with Gasteiger partial charge in [0.1, 0.15) is 0 Å². The van der Waals surface area contributed by atoms with Gasteiger partial charge in [-0.2, -0.15) is 0 Å². The van der Waals surface area contributed by atoms with Crippen LogP contribution in [0.1, 0.15) is 18.9 Å². The predicted molar refractivity (Wildman–Crippen MR) is 92.7 cm³/mol. The van der Waals surface area contributed by atoms with Gasteiger partial charge in [-0.05, 0) is 31.0 Å². The van der Waals surface area contributed by atoms with Crippen LogP contribution in [0.3, 0.4) is 0 Å². The molecule has 2 aliphatic rings. The fraction of sp³-hybridized carbons (Fsp3) is 0.667. The van der Waals surface area contributed by atoms with Gasteiger partial charge in [-0.15, -0.1) is 0 Å². The Labute approximate surface area is 139 Å². The summed E-state index contributed by atoms with van der Waals surface area (Å²) in [5.74, 6) is 0. The fourth-order valence-corrected chi connectivity index (χ4v) is 3.87. The van der Waals surface area contributed by atoms with Crippen molar-refractivity contribution in [1.82, 2.24) is 9.80 Å². The van der Waals surface area contributed by atoms with Crippen LogP contribution in [0.4, 0.5) is 5.69 Å². The number of benzene rings is 1. The molecule has 2 N–H and O–H groups in total. The number of anilines is 1. The maximum atomic E-state index is 9.87. The average Bonchev–Trinajstić information content (AvgIpc) is 2.87. The van der Waals surface area contributed by atoms with Gasteiger partial charge in [-0.25, -0.2) is 0 Å². The maximum Gasteiger partial charge on any atom is 0.0682 e. The lowest BCUT2D eigenvalue weighted by molar-refractivity contribution is 0.0528. The second kappa shape index (κ2) is 7.18. The van der Waals surface area contributed by atoms with Gasteiger partial charge in [0.15, 0.2) is 0 Å². The van der Waals surface area contributed by atoms with Crippen LogP contribution in [-0.4, -0.2) is 78.0 Å². The first-order valence-electron chi connectivity index (χ1n) is 8.64. The molecular weight excluding hydrogens is 290 g/mol. The van der Waals surface area contributed by atoms with Crippen LogP contribution >= 0.6 is 0 Å². The van der Waals surface area contributed by atoms with Crippen molar-refractivity contribution < 1.29 is 10.2 Å². The Morgan fingerprint density at radius 2 is 1.91 bits per heavy atom. The smallest absolute Gasteiger partial charge is 0.0682 e.